The number of rotatable bonds is 17. The van der Waals surface area contributed by atoms with Crippen molar-refractivity contribution < 1.29 is 38.0 Å². The molecule has 0 spiro atoms. The molecule has 0 amide bonds. The Morgan fingerprint density at radius 1 is 0.975 bits per heavy atom. The Balaban J connectivity index is 1.86. The fourth-order valence-corrected chi connectivity index (χ4v) is 9.36. The molecule has 0 aliphatic carbocycles. The molecular formula is C31H44O8Si. The van der Waals surface area contributed by atoms with Crippen molar-refractivity contribution >= 4 is 25.5 Å². The van der Waals surface area contributed by atoms with Gasteiger partial charge in [0.1, 0.15) is 32.1 Å². The molecule has 9 heteroatoms. The summed E-state index contributed by atoms with van der Waals surface area (Å²) in [5.74, 6) is -0.470. The summed E-state index contributed by atoms with van der Waals surface area (Å²) in [6, 6.07) is 20.5. The zero-order valence-corrected chi connectivity index (χ0v) is 25.3. The average molecular weight is 573 g/mol. The maximum absolute atomic E-state index is 13.0. The number of hydrogen-bond acceptors (Lipinski definition) is 8. The molecule has 0 saturated carbocycles. The molecular weight excluding hydrogens is 528 g/mol. The first-order valence-corrected chi connectivity index (χ1v) is 17.0. The Hall–Kier alpha value is -2.40. The van der Waals surface area contributed by atoms with Crippen LogP contribution in [0.3, 0.4) is 0 Å². The van der Waals surface area contributed by atoms with E-state index >= 15 is 0 Å². The summed E-state index contributed by atoms with van der Waals surface area (Å²) in [5, 5.41) is 1.30. The van der Waals surface area contributed by atoms with Gasteiger partial charge in [0.15, 0.2) is 6.10 Å². The molecule has 0 N–H and O–H groups in total. The van der Waals surface area contributed by atoms with Crippen LogP contribution in [0.5, 0.6) is 0 Å². The number of aldehydes is 1. The largest absolute Gasteiger partial charge is 0.460 e. The highest BCUT2D eigenvalue weighted by Gasteiger charge is 2.44. The number of hydrogen-bond donors (Lipinski definition) is 0. The van der Waals surface area contributed by atoms with Gasteiger partial charge < -0.3 is 33.2 Å². The third-order valence-corrected chi connectivity index (χ3v) is 12.4. The Labute approximate surface area is 239 Å². The first kappa shape index (κ1) is 32.1. The van der Waals surface area contributed by atoms with Gasteiger partial charge in [0, 0.05) is 33.5 Å². The van der Waals surface area contributed by atoms with E-state index in [2.05, 4.69) is 44.3 Å². The van der Waals surface area contributed by atoms with Gasteiger partial charge in [-0.25, -0.2) is 4.79 Å². The van der Waals surface area contributed by atoms with Crippen LogP contribution in [0.2, 0.25) is 18.6 Å². The fraction of sp³-hybridized carbons (Fsp3) is 0.548. The molecule has 3 rings (SSSR count). The molecule has 2 aromatic carbocycles. The van der Waals surface area contributed by atoms with E-state index < -0.39 is 32.4 Å². The number of methoxy groups -OCH3 is 2. The van der Waals surface area contributed by atoms with E-state index in [0.29, 0.717) is 25.9 Å². The molecule has 40 heavy (non-hydrogen) atoms. The average Bonchev–Trinajstić information content (AvgIpc) is 2.97. The lowest BCUT2D eigenvalue weighted by molar-refractivity contribution is -0.216. The Morgan fingerprint density at radius 2 is 1.60 bits per heavy atom. The van der Waals surface area contributed by atoms with Crippen molar-refractivity contribution in [1.29, 1.82) is 0 Å². The van der Waals surface area contributed by atoms with E-state index in [1.807, 2.05) is 36.4 Å². The van der Waals surface area contributed by atoms with E-state index in [1.54, 1.807) is 0 Å². The van der Waals surface area contributed by atoms with E-state index in [1.165, 1.54) is 19.4 Å². The third-order valence-electron chi connectivity index (χ3n) is 7.93. The van der Waals surface area contributed by atoms with Gasteiger partial charge in [-0.05, 0) is 17.0 Å². The molecule has 2 aromatic rings. The SMILES string of the molecule is COCO[C@H]1C[C@@H](C[C@@H](OCc2ccccc2)[C@H](C)[C@@H](CC=O)[Si](C)(C)c2ccccc2)OC(=O)[C@@H]1OCOC. The number of ether oxygens (including phenoxy) is 6. The molecule has 1 heterocycles. The number of cyclic esters (lactones) is 1. The number of carbonyl (C=O) groups is 2. The smallest absolute Gasteiger partial charge is 0.338 e. The Bertz CT molecular complexity index is 1020. The van der Waals surface area contributed by atoms with Crippen LogP contribution in [0, 0.1) is 5.92 Å². The summed E-state index contributed by atoms with van der Waals surface area (Å²) in [5.41, 5.74) is 1.17. The van der Waals surface area contributed by atoms with Crippen molar-refractivity contribution in [2.45, 2.75) is 75.8 Å². The van der Waals surface area contributed by atoms with Crippen molar-refractivity contribution in [3.63, 3.8) is 0 Å². The van der Waals surface area contributed by atoms with Gasteiger partial charge >= 0.3 is 5.97 Å². The molecule has 0 radical (unpaired) electrons. The van der Waals surface area contributed by atoms with Crippen LogP contribution < -0.4 is 5.19 Å². The van der Waals surface area contributed by atoms with Crippen LogP contribution in [0.1, 0.15) is 31.7 Å². The summed E-state index contributed by atoms with van der Waals surface area (Å²) in [6.07, 6.45) is 0.206. The predicted octanol–water partition coefficient (Wildman–Crippen LogP) is 4.47. The van der Waals surface area contributed by atoms with E-state index in [9.17, 15) is 9.59 Å². The molecule has 1 aliphatic heterocycles. The molecule has 0 bridgehead atoms. The second-order valence-corrected chi connectivity index (χ2v) is 15.7. The standard InChI is InChI=1S/C31H44O8Si/c1-23(29(16-17-32)40(4,5)26-14-10-7-11-15-26)27(36-20-24-12-8-6-9-13-24)18-25-19-28(37-21-34-2)30(31(33)39-25)38-22-35-3/h6-15,17,23,25,27-30H,16,18-22H2,1-5H3/t23-,25+,27+,28-,29+,30+/m0/s1. The van der Waals surface area contributed by atoms with Gasteiger partial charge in [0.2, 0.25) is 0 Å². The third kappa shape index (κ3) is 8.80. The van der Waals surface area contributed by atoms with Crippen molar-refractivity contribution in [1.82, 2.24) is 0 Å². The first-order chi connectivity index (χ1) is 19.3. The van der Waals surface area contributed by atoms with Gasteiger partial charge in [-0.1, -0.05) is 85.9 Å². The van der Waals surface area contributed by atoms with Crippen molar-refractivity contribution in [2.75, 3.05) is 27.8 Å². The van der Waals surface area contributed by atoms with Crippen molar-refractivity contribution in [3.8, 4) is 0 Å². The van der Waals surface area contributed by atoms with Crippen LogP contribution in [0.15, 0.2) is 60.7 Å². The zero-order valence-electron chi connectivity index (χ0n) is 24.3. The molecule has 1 aliphatic rings. The number of esters is 1. The lowest BCUT2D eigenvalue weighted by Crippen LogP contribution is -2.52. The minimum absolute atomic E-state index is 0.0234. The second-order valence-electron chi connectivity index (χ2n) is 10.9. The molecule has 220 valence electrons. The molecule has 1 saturated heterocycles. The Morgan fingerprint density at radius 3 is 2.23 bits per heavy atom. The van der Waals surface area contributed by atoms with Crippen LogP contribution in [-0.4, -0.2) is 72.6 Å². The molecule has 6 atom stereocenters. The highest BCUT2D eigenvalue weighted by atomic mass is 28.3. The van der Waals surface area contributed by atoms with Crippen LogP contribution in [-0.2, 0) is 44.6 Å². The highest BCUT2D eigenvalue weighted by molar-refractivity contribution is 6.91. The number of benzene rings is 2. The predicted molar refractivity (Wildman–Crippen MR) is 155 cm³/mol. The highest BCUT2D eigenvalue weighted by Crippen LogP contribution is 2.38. The Kier molecular flexibility index (Phi) is 13.0. The summed E-state index contributed by atoms with van der Waals surface area (Å²) in [7, 11) is 0.932. The normalized spacial score (nSPS) is 21.8. The van der Waals surface area contributed by atoms with Crippen LogP contribution in [0.25, 0.3) is 0 Å². The number of carbonyl (C=O) groups excluding carboxylic acids is 2. The van der Waals surface area contributed by atoms with E-state index in [0.717, 1.165) is 11.8 Å². The minimum atomic E-state index is -2.09. The summed E-state index contributed by atoms with van der Waals surface area (Å²) in [4.78, 5) is 24.9. The van der Waals surface area contributed by atoms with Gasteiger partial charge in [0.25, 0.3) is 0 Å². The maximum Gasteiger partial charge on any atom is 0.338 e. The lowest BCUT2D eigenvalue weighted by atomic mass is 9.90. The first-order valence-electron chi connectivity index (χ1n) is 13.9. The summed E-state index contributed by atoms with van der Waals surface area (Å²) >= 11 is 0. The van der Waals surface area contributed by atoms with E-state index in [-0.39, 0.29) is 31.1 Å². The molecule has 8 nitrogen and oxygen atoms in total. The van der Waals surface area contributed by atoms with Crippen molar-refractivity contribution in [2.24, 2.45) is 5.92 Å². The molecule has 1 fully saturated rings. The summed E-state index contributed by atoms with van der Waals surface area (Å²) < 4.78 is 34.0. The quantitative estimate of drug-likeness (QED) is 0.119. The van der Waals surface area contributed by atoms with E-state index in [4.69, 9.17) is 28.4 Å². The van der Waals surface area contributed by atoms with Gasteiger partial charge in [-0.2, -0.15) is 0 Å². The van der Waals surface area contributed by atoms with Gasteiger partial charge in [-0.15, -0.1) is 0 Å². The van der Waals surface area contributed by atoms with Gasteiger partial charge in [-0.3, -0.25) is 0 Å². The molecule has 0 aromatic heterocycles. The fourth-order valence-electron chi connectivity index (χ4n) is 5.67. The van der Waals surface area contributed by atoms with Crippen LogP contribution in [0.4, 0.5) is 0 Å². The van der Waals surface area contributed by atoms with Crippen molar-refractivity contribution in [3.05, 3.63) is 66.2 Å². The maximum atomic E-state index is 13.0. The monoisotopic (exact) mass is 572 g/mol. The minimum Gasteiger partial charge on any atom is -0.460 e. The summed E-state index contributed by atoms with van der Waals surface area (Å²) in [6.45, 7) is 7.18. The topological polar surface area (TPSA) is 89.5 Å². The van der Waals surface area contributed by atoms with Crippen LogP contribution >= 0.6 is 0 Å². The zero-order chi connectivity index (χ0) is 29.0. The lowest BCUT2D eigenvalue weighted by Gasteiger charge is -2.41. The van der Waals surface area contributed by atoms with Gasteiger partial charge in [0.05, 0.1) is 20.8 Å². The molecule has 0 unspecified atom stereocenters. The second kappa shape index (κ2) is 16.1.